The fourth-order valence-corrected chi connectivity index (χ4v) is 2.16. The maximum absolute atomic E-state index is 5.35. The van der Waals surface area contributed by atoms with Crippen LogP contribution in [0.4, 0.5) is 0 Å². The van der Waals surface area contributed by atoms with Crippen LogP contribution in [0.2, 0.25) is 0 Å². The number of ether oxygens (including phenoxy) is 1. The summed E-state index contributed by atoms with van der Waals surface area (Å²) in [6.45, 7) is 10.9. The number of methoxy groups -OCH3 is 1. The Morgan fingerprint density at radius 2 is 2.06 bits per heavy atom. The van der Waals surface area contributed by atoms with Gasteiger partial charge in [-0.1, -0.05) is 6.92 Å². The van der Waals surface area contributed by atoms with E-state index in [0.717, 1.165) is 25.6 Å². The van der Waals surface area contributed by atoms with E-state index in [-0.39, 0.29) is 0 Å². The van der Waals surface area contributed by atoms with Gasteiger partial charge in [0.15, 0.2) is 0 Å². The van der Waals surface area contributed by atoms with Crippen LogP contribution in [-0.2, 0) is 4.74 Å². The van der Waals surface area contributed by atoms with Crippen LogP contribution in [0.1, 0.15) is 33.6 Å². The second-order valence-electron chi connectivity index (χ2n) is 5.15. The standard InChI is InChI=1S/C13H28N2O/c1-5-14-8-13(10-16-4)15(11(2)3)9-12-6-7-12/h11-14H,5-10H2,1-4H3. The second kappa shape index (κ2) is 7.25. The Morgan fingerprint density at radius 3 is 2.50 bits per heavy atom. The van der Waals surface area contributed by atoms with Gasteiger partial charge in [-0.2, -0.15) is 0 Å². The first-order valence-electron chi connectivity index (χ1n) is 6.64. The van der Waals surface area contributed by atoms with Crippen molar-refractivity contribution in [2.45, 2.75) is 45.7 Å². The minimum absolute atomic E-state index is 0.519. The molecule has 1 N–H and O–H groups in total. The van der Waals surface area contributed by atoms with E-state index in [2.05, 4.69) is 31.0 Å². The third kappa shape index (κ3) is 4.81. The highest BCUT2D eigenvalue weighted by Crippen LogP contribution is 2.30. The molecule has 0 aliphatic heterocycles. The third-order valence-corrected chi connectivity index (χ3v) is 3.29. The fourth-order valence-electron chi connectivity index (χ4n) is 2.16. The van der Waals surface area contributed by atoms with E-state index in [9.17, 15) is 0 Å². The first-order valence-corrected chi connectivity index (χ1v) is 6.64. The molecule has 96 valence electrons. The molecular weight excluding hydrogens is 200 g/mol. The van der Waals surface area contributed by atoms with Crippen molar-refractivity contribution in [1.29, 1.82) is 0 Å². The van der Waals surface area contributed by atoms with Gasteiger partial charge in [0.05, 0.1) is 6.61 Å². The van der Waals surface area contributed by atoms with Crippen LogP contribution in [0.3, 0.4) is 0 Å². The molecule has 0 saturated heterocycles. The van der Waals surface area contributed by atoms with Gasteiger partial charge in [-0.05, 0) is 39.2 Å². The summed E-state index contributed by atoms with van der Waals surface area (Å²) in [5.41, 5.74) is 0. The molecule has 1 unspecified atom stereocenters. The maximum atomic E-state index is 5.35. The van der Waals surface area contributed by atoms with Crippen LogP contribution in [0.25, 0.3) is 0 Å². The summed E-state index contributed by atoms with van der Waals surface area (Å²) < 4.78 is 5.35. The molecule has 0 aromatic rings. The molecule has 1 aliphatic carbocycles. The normalized spacial score (nSPS) is 18.4. The zero-order valence-electron chi connectivity index (χ0n) is 11.3. The molecule has 16 heavy (non-hydrogen) atoms. The lowest BCUT2D eigenvalue weighted by Crippen LogP contribution is -2.49. The smallest absolute Gasteiger partial charge is 0.0630 e. The first kappa shape index (κ1) is 13.9. The van der Waals surface area contributed by atoms with Gasteiger partial charge in [-0.15, -0.1) is 0 Å². The topological polar surface area (TPSA) is 24.5 Å². The van der Waals surface area contributed by atoms with Crippen molar-refractivity contribution < 1.29 is 4.74 Å². The Labute approximate surface area is 101 Å². The van der Waals surface area contributed by atoms with E-state index in [4.69, 9.17) is 4.74 Å². The summed E-state index contributed by atoms with van der Waals surface area (Å²) in [6, 6.07) is 1.13. The van der Waals surface area contributed by atoms with Gasteiger partial charge in [-0.25, -0.2) is 0 Å². The average molecular weight is 228 g/mol. The summed E-state index contributed by atoms with van der Waals surface area (Å²) in [5.74, 6) is 0.948. The molecule has 0 radical (unpaired) electrons. The van der Waals surface area contributed by atoms with Crippen molar-refractivity contribution in [2.24, 2.45) is 5.92 Å². The lowest BCUT2D eigenvalue weighted by Gasteiger charge is -2.35. The van der Waals surface area contributed by atoms with Gasteiger partial charge in [-0.3, -0.25) is 4.90 Å². The highest BCUT2D eigenvalue weighted by atomic mass is 16.5. The highest BCUT2D eigenvalue weighted by molar-refractivity contribution is 4.83. The number of likely N-dealkylation sites (N-methyl/N-ethyl adjacent to an activating group) is 1. The van der Waals surface area contributed by atoms with Crippen LogP contribution >= 0.6 is 0 Å². The predicted molar refractivity (Wildman–Crippen MR) is 68.8 cm³/mol. The summed E-state index contributed by atoms with van der Waals surface area (Å²) in [6.07, 6.45) is 2.84. The van der Waals surface area contributed by atoms with Crippen LogP contribution in [0.5, 0.6) is 0 Å². The maximum Gasteiger partial charge on any atom is 0.0630 e. The van der Waals surface area contributed by atoms with Gasteiger partial charge >= 0.3 is 0 Å². The predicted octanol–water partition coefficient (Wildman–Crippen LogP) is 1.73. The van der Waals surface area contributed by atoms with E-state index in [1.54, 1.807) is 7.11 Å². The van der Waals surface area contributed by atoms with Gasteiger partial charge in [0.2, 0.25) is 0 Å². The lowest BCUT2D eigenvalue weighted by molar-refractivity contribution is 0.0663. The Hall–Kier alpha value is -0.120. The van der Waals surface area contributed by atoms with Crippen LogP contribution in [0.15, 0.2) is 0 Å². The van der Waals surface area contributed by atoms with Gasteiger partial charge in [0.25, 0.3) is 0 Å². The molecule has 3 heteroatoms. The van der Waals surface area contributed by atoms with Gasteiger partial charge in [0, 0.05) is 32.3 Å². The van der Waals surface area contributed by atoms with E-state index in [1.165, 1.54) is 19.4 Å². The molecule has 0 spiro atoms. The molecule has 0 heterocycles. The number of hydrogen-bond donors (Lipinski definition) is 1. The first-order chi connectivity index (χ1) is 7.69. The Bertz CT molecular complexity index is 181. The summed E-state index contributed by atoms with van der Waals surface area (Å²) in [5, 5.41) is 3.44. The number of nitrogens with one attached hydrogen (secondary N) is 1. The van der Waals surface area contributed by atoms with Crippen molar-refractivity contribution >= 4 is 0 Å². The van der Waals surface area contributed by atoms with Gasteiger partial charge < -0.3 is 10.1 Å². The zero-order chi connectivity index (χ0) is 12.0. The molecule has 1 rings (SSSR count). The Morgan fingerprint density at radius 1 is 1.38 bits per heavy atom. The van der Waals surface area contributed by atoms with Crippen molar-refractivity contribution in [3.8, 4) is 0 Å². The lowest BCUT2D eigenvalue weighted by atomic mass is 10.1. The summed E-state index contributed by atoms with van der Waals surface area (Å²) in [7, 11) is 1.80. The molecular formula is C13H28N2O. The van der Waals surface area contributed by atoms with E-state index >= 15 is 0 Å². The fraction of sp³-hybridized carbons (Fsp3) is 1.00. The third-order valence-electron chi connectivity index (χ3n) is 3.29. The van der Waals surface area contributed by atoms with Crippen molar-refractivity contribution in [3.63, 3.8) is 0 Å². The number of rotatable bonds is 9. The van der Waals surface area contributed by atoms with Crippen molar-refractivity contribution in [2.75, 3.05) is 33.4 Å². The minimum atomic E-state index is 0.519. The van der Waals surface area contributed by atoms with Crippen LogP contribution in [0, 0.1) is 5.92 Å². The molecule has 0 aromatic heterocycles. The van der Waals surface area contributed by atoms with Crippen molar-refractivity contribution in [3.05, 3.63) is 0 Å². The van der Waals surface area contributed by atoms with E-state index in [1.807, 2.05) is 0 Å². The van der Waals surface area contributed by atoms with Gasteiger partial charge in [0.1, 0.15) is 0 Å². The molecule has 0 aromatic carbocycles. The van der Waals surface area contributed by atoms with E-state index < -0.39 is 0 Å². The molecule has 3 nitrogen and oxygen atoms in total. The average Bonchev–Trinajstić information content (AvgIpc) is 3.04. The van der Waals surface area contributed by atoms with Crippen LogP contribution < -0.4 is 5.32 Å². The van der Waals surface area contributed by atoms with Crippen LogP contribution in [-0.4, -0.2) is 50.3 Å². The monoisotopic (exact) mass is 228 g/mol. The van der Waals surface area contributed by atoms with Crippen molar-refractivity contribution in [1.82, 2.24) is 10.2 Å². The Kier molecular flexibility index (Phi) is 6.32. The largest absolute Gasteiger partial charge is 0.383 e. The molecule has 0 amide bonds. The molecule has 0 bridgehead atoms. The summed E-state index contributed by atoms with van der Waals surface area (Å²) in [4.78, 5) is 2.60. The molecule has 1 saturated carbocycles. The minimum Gasteiger partial charge on any atom is -0.383 e. The van der Waals surface area contributed by atoms with E-state index in [0.29, 0.717) is 12.1 Å². The number of hydrogen-bond acceptors (Lipinski definition) is 3. The summed E-state index contributed by atoms with van der Waals surface area (Å²) >= 11 is 0. The molecule has 1 aliphatic rings. The second-order valence-corrected chi connectivity index (χ2v) is 5.15. The number of nitrogens with zero attached hydrogens (tertiary/aromatic N) is 1. The zero-order valence-corrected chi connectivity index (χ0v) is 11.3. The highest BCUT2D eigenvalue weighted by Gasteiger charge is 2.29. The molecule has 1 atom stereocenters. The molecule has 1 fully saturated rings. The SMILES string of the molecule is CCNCC(COC)N(CC1CC1)C(C)C. The quantitative estimate of drug-likeness (QED) is 0.650. The Balaban J connectivity index is 2.46.